The van der Waals surface area contributed by atoms with Gasteiger partial charge in [-0.2, -0.15) is 0 Å². The third-order valence-electron chi connectivity index (χ3n) is 2.00. The van der Waals surface area contributed by atoms with Crippen molar-refractivity contribution in [1.82, 2.24) is 0 Å². The number of hydrogen-bond acceptors (Lipinski definition) is 2. The fourth-order valence-electron chi connectivity index (χ4n) is 1.24. The number of carbonyl (C=O) groups excluding carboxylic acids is 1. The van der Waals surface area contributed by atoms with Gasteiger partial charge in [0.25, 0.3) is 0 Å². The molecule has 0 aromatic carbocycles. The highest BCUT2D eigenvalue weighted by molar-refractivity contribution is 5.42. The molecule has 0 radical (unpaired) electrons. The molecule has 0 saturated carbocycles. The van der Waals surface area contributed by atoms with Crippen molar-refractivity contribution in [3.63, 3.8) is 0 Å². The number of rotatable bonds is 9. The molecular formula is C11H20O2. The monoisotopic (exact) mass is 184 g/mol. The van der Waals surface area contributed by atoms with Crippen LogP contribution in [0.5, 0.6) is 0 Å². The molecule has 0 spiro atoms. The Morgan fingerprint density at radius 2 is 1.69 bits per heavy atom. The number of unbranched alkanes of at least 4 members (excludes halogenated alkanes) is 6. The van der Waals surface area contributed by atoms with Gasteiger partial charge >= 0.3 is 0 Å². The molecule has 0 fully saturated rings. The third-order valence-corrected chi connectivity index (χ3v) is 2.00. The topological polar surface area (TPSA) is 26.3 Å². The summed E-state index contributed by atoms with van der Waals surface area (Å²) in [6.07, 6.45) is 9.96. The van der Waals surface area contributed by atoms with Crippen molar-refractivity contribution in [1.29, 1.82) is 0 Å². The van der Waals surface area contributed by atoms with E-state index >= 15 is 0 Å². The summed E-state index contributed by atoms with van der Waals surface area (Å²) in [6.45, 7) is 2.88. The van der Waals surface area contributed by atoms with Gasteiger partial charge in [-0.15, -0.1) is 0 Å². The highest BCUT2D eigenvalue weighted by Crippen LogP contribution is 2.06. The molecule has 0 aromatic rings. The molecule has 13 heavy (non-hydrogen) atoms. The van der Waals surface area contributed by atoms with Gasteiger partial charge in [-0.25, -0.2) is 4.79 Å². The molecule has 0 heterocycles. The molecule has 0 saturated heterocycles. The average Bonchev–Trinajstić information content (AvgIpc) is 2.16. The van der Waals surface area contributed by atoms with Gasteiger partial charge in [-0.3, -0.25) is 0 Å². The van der Waals surface area contributed by atoms with Crippen molar-refractivity contribution in [3.05, 3.63) is 6.26 Å². The summed E-state index contributed by atoms with van der Waals surface area (Å²) in [4.78, 5) is 9.71. The summed E-state index contributed by atoms with van der Waals surface area (Å²) in [5.74, 6) is 1.59. The molecule has 0 aromatic heterocycles. The lowest BCUT2D eigenvalue weighted by Crippen LogP contribution is -1.88. The van der Waals surface area contributed by atoms with E-state index in [1.54, 1.807) is 5.94 Å². The predicted octanol–water partition coefficient (Wildman–Crippen LogP) is 3.10. The van der Waals surface area contributed by atoms with Crippen LogP contribution in [0.4, 0.5) is 0 Å². The smallest absolute Gasteiger partial charge is 0.166 e. The molecule has 76 valence electrons. The second-order valence-corrected chi connectivity index (χ2v) is 3.23. The minimum Gasteiger partial charge on any atom is -0.490 e. The quantitative estimate of drug-likeness (QED) is 0.313. The molecule has 2 heteroatoms. The van der Waals surface area contributed by atoms with E-state index in [1.165, 1.54) is 38.5 Å². The molecule has 0 N–H and O–H groups in total. The highest BCUT2D eigenvalue weighted by Gasteiger charge is 1.89. The van der Waals surface area contributed by atoms with Crippen molar-refractivity contribution in [2.45, 2.75) is 51.9 Å². The first-order valence-corrected chi connectivity index (χ1v) is 5.22. The zero-order chi connectivity index (χ0) is 9.78. The van der Waals surface area contributed by atoms with Crippen LogP contribution >= 0.6 is 0 Å². The van der Waals surface area contributed by atoms with Crippen LogP contribution in [0.25, 0.3) is 0 Å². The molecule has 0 aliphatic heterocycles. The highest BCUT2D eigenvalue weighted by atomic mass is 16.5. The molecule has 0 bridgehead atoms. The van der Waals surface area contributed by atoms with Crippen molar-refractivity contribution in [2.75, 3.05) is 6.61 Å². The Balaban J connectivity index is 2.87. The van der Waals surface area contributed by atoms with Gasteiger partial charge in [0, 0.05) is 0 Å². The molecule has 0 amide bonds. The predicted molar refractivity (Wildman–Crippen MR) is 54.2 cm³/mol. The van der Waals surface area contributed by atoms with Crippen LogP contribution in [0.2, 0.25) is 0 Å². The summed E-state index contributed by atoms with van der Waals surface area (Å²) >= 11 is 0. The Morgan fingerprint density at radius 3 is 2.31 bits per heavy atom. The fourth-order valence-corrected chi connectivity index (χ4v) is 1.24. The molecule has 0 rings (SSSR count). The van der Waals surface area contributed by atoms with Crippen LogP contribution in [0.1, 0.15) is 51.9 Å². The summed E-state index contributed by atoms with van der Waals surface area (Å²) < 4.78 is 4.86. The van der Waals surface area contributed by atoms with Crippen molar-refractivity contribution < 1.29 is 9.53 Å². The third kappa shape index (κ3) is 11.2. The van der Waals surface area contributed by atoms with E-state index in [-0.39, 0.29) is 0 Å². The van der Waals surface area contributed by atoms with Crippen molar-refractivity contribution in [2.24, 2.45) is 0 Å². The van der Waals surface area contributed by atoms with E-state index in [1.807, 2.05) is 0 Å². The normalized spacial score (nSPS) is 9.31. The lowest BCUT2D eigenvalue weighted by Gasteiger charge is -2.00. The van der Waals surface area contributed by atoms with Crippen molar-refractivity contribution in [3.8, 4) is 0 Å². The second kappa shape index (κ2) is 11.2. The summed E-state index contributed by atoms with van der Waals surface area (Å²) in [5, 5.41) is 0. The first-order chi connectivity index (χ1) is 6.41. The second-order valence-electron chi connectivity index (χ2n) is 3.23. The Hall–Kier alpha value is -0.750. The van der Waals surface area contributed by atoms with Gasteiger partial charge in [0.15, 0.2) is 12.2 Å². The zero-order valence-corrected chi connectivity index (χ0v) is 8.55. The number of ether oxygens (including phenoxy) is 1. The van der Waals surface area contributed by atoms with Gasteiger partial charge < -0.3 is 4.74 Å². The van der Waals surface area contributed by atoms with E-state index < -0.39 is 0 Å². The molecular weight excluding hydrogens is 164 g/mol. The molecule has 0 unspecified atom stereocenters. The summed E-state index contributed by atoms with van der Waals surface area (Å²) in [5.41, 5.74) is 0. The largest absolute Gasteiger partial charge is 0.490 e. The van der Waals surface area contributed by atoms with Gasteiger partial charge in [0.1, 0.15) is 0 Å². The Morgan fingerprint density at radius 1 is 1.08 bits per heavy atom. The van der Waals surface area contributed by atoms with Crippen molar-refractivity contribution >= 4 is 5.94 Å². The minimum atomic E-state index is 0.656. The van der Waals surface area contributed by atoms with E-state index in [0.717, 1.165) is 12.7 Å². The van der Waals surface area contributed by atoms with E-state index in [4.69, 9.17) is 4.74 Å². The van der Waals surface area contributed by atoms with Gasteiger partial charge in [-0.05, 0) is 6.42 Å². The van der Waals surface area contributed by atoms with E-state index in [9.17, 15) is 4.79 Å². The van der Waals surface area contributed by atoms with Gasteiger partial charge in [-0.1, -0.05) is 45.4 Å². The molecule has 0 aliphatic carbocycles. The van der Waals surface area contributed by atoms with Crippen LogP contribution in [0.15, 0.2) is 6.26 Å². The van der Waals surface area contributed by atoms with Crippen LogP contribution in [0.3, 0.4) is 0 Å². The molecule has 0 aliphatic rings. The maximum atomic E-state index is 9.71. The first kappa shape index (κ1) is 12.2. The SMILES string of the molecule is CCCCCCCCCOC=C=O. The summed E-state index contributed by atoms with van der Waals surface area (Å²) in [7, 11) is 0. The van der Waals surface area contributed by atoms with Crippen LogP contribution < -0.4 is 0 Å². The van der Waals surface area contributed by atoms with Crippen LogP contribution in [-0.2, 0) is 9.53 Å². The first-order valence-electron chi connectivity index (χ1n) is 5.22. The average molecular weight is 184 g/mol. The molecule has 0 atom stereocenters. The maximum absolute atomic E-state index is 9.71. The maximum Gasteiger partial charge on any atom is 0.166 e. The standard InChI is InChI=1S/C11H20O2/c1-2-3-4-5-6-7-8-10-13-11-9-12/h11H,2-8,10H2,1H3. The van der Waals surface area contributed by atoms with Gasteiger partial charge in [0.2, 0.25) is 0 Å². The zero-order valence-electron chi connectivity index (χ0n) is 8.55. The minimum absolute atomic E-state index is 0.656. The Kier molecular flexibility index (Phi) is 10.6. The van der Waals surface area contributed by atoms with Gasteiger partial charge in [0.05, 0.1) is 6.61 Å². The van der Waals surface area contributed by atoms with E-state index in [0.29, 0.717) is 6.61 Å². The summed E-state index contributed by atoms with van der Waals surface area (Å²) in [6, 6.07) is 0. The van der Waals surface area contributed by atoms with E-state index in [2.05, 4.69) is 6.92 Å². The Bertz CT molecular complexity index is 137. The lowest BCUT2D eigenvalue weighted by molar-refractivity contribution is 0.242. The number of hydrogen-bond donors (Lipinski definition) is 0. The molecule has 2 nitrogen and oxygen atoms in total. The Labute approximate surface area is 81.0 Å². The van der Waals surface area contributed by atoms with Crippen LogP contribution in [0, 0.1) is 0 Å². The van der Waals surface area contributed by atoms with Crippen LogP contribution in [-0.4, -0.2) is 12.5 Å². The lowest BCUT2D eigenvalue weighted by atomic mass is 10.1. The fraction of sp³-hybridized carbons (Fsp3) is 0.818.